The van der Waals surface area contributed by atoms with Gasteiger partial charge in [-0.15, -0.1) is 0 Å². The summed E-state index contributed by atoms with van der Waals surface area (Å²) in [6.07, 6.45) is 5.84. The fraction of sp³-hybridized carbons (Fsp3) is 0.588. The van der Waals surface area contributed by atoms with Crippen molar-refractivity contribution < 1.29 is 17.9 Å². The average Bonchev–Trinajstić information content (AvgIpc) is 2.47. The monoisotopic (exact) mass is 352 g/mol. The van der Waals surface area contributed by atoms with Crippen molar-refractivity contribution in [3.05, 3.63) is 24.3 Å². The molecule has 0 aromatic heterocycles. The van der Waals surface area contributed by atoms with Crippen LogP contribution in [-0.4, -0.2) is 39.8 Å². The number of nitrogens with one attached hydrogen (secondary N) is 1. The molecule has 1 aliphatic heterocycles. The molecule has 132 valence electrons. The summed E-state index contributed by atoms with van der Waals surface area (Å²) < 4.78 is 30.5. The van der Waals surface area contributed by atoms with Crippen molar-refractivity contribution in [1.29, 1.82) is 0 Å². The third kappa shape index (κ3) is 4.08. The van der Waals surface area contributed by atoms with Crippen LogP contribution in [0.4, 0.5) is 11.4 Å². The predicted octanol–water partition coefficient (Wildman–Crippen LogP) is 2.37. The summed E-state index contributed by atoms with van der Waals surface area (Å²) >= 11 is 0. The molecule has 0 spiro atoms. The van der Waals surface area contributed by atoms with Crippen molar-refractivity contribution in [1.82, 2.24) is 0 Å². The van der Waals surface area contributed by atoms with Crippen LogP contribution >= 0.6 is 0 Å². The van der Waals surface area contributed by atoms with Gasteiger partial charge in [0.25, 0.3) is 0 Å². The van der Waals surface area contributed by atoms with Gasteiger partial charge in [0.15, 0.2) is 0 Å². The van der Waals surface area contributed by atoms with Crippen molar-refractivity contribution in [2.75, 3.05) is 29.1 Å². The van der Waals surface area contributed by atoms with Gasteiger partial charge in [0, 0.05) is 36.5 Å². The highest BCUT2D eigenvalue weighted by Crippen LogP contribution is 2.33. The van der Waals surface area contributed by atoms with Crippen LogP contribution in [0.1, 0.15) is 32.1 Å². The molecule has 0 bridgehead atoms. The minimum absolute atomic E-state index is 0.127. The Balaban J connectivity index is 1.82. The Morgan fingerprint density at radius 2 is 1.75 bits per heavy atom. The summed E-state index contributed by atoms with van der Waals surface area (Å²) in [5.41, 5.74) is 1.34. The van der Waals surface area contributed by atoms with Gasteiger partial charge >= 0.3 is 0 Å². The number of benzene rings is 1. The number of sulfonamides is 1. The van der Waals surface area contributed by atoms with Gasteiger partial charge < -0.3 is 9.64 Å². The van der Waals surface area contributed by atoms with Gasteiger partial charge in [-0.1, -0.05) is 6.42 Å². The van der Waals surface area contributed by atoms with Gasteiger partial charge in [-0.2, -0.15) is 0 Å². The first kappa shape index (κ1) is 17.2. The number of hydrogen-bond acceptors (Lipinski definition) is 4. The van der Waals surface area contributed by atoms with E-state index >= 15 is 0 Å². The molecule has 7 heteroatoms. The highest BCUT2D eigenvalue weighted by Gasteiger charge is 2.34. The molecule has 24 heavy (non-hydrogen) atoms. The largest absolute Gasteiger partial charge is 0.381 e. The number of carbonyl (C=O) groups excluding carboxylic acids is 1. The van der Waals surface area contributed by atoms with E-state index < -0.39 is 10.0 Å². The fourth-order valence-electron chi connectivity index (χ4n) is 3.22. The van der Waals surface area contributed by atoms with Crippen molar-refractivity contribution in [2.45, 2.75) is 38.1 Å². The lowest BCUT2D eigenvalue weighted by Crippen LogP contribution is -2.47. The molecule has 0 radical (unpaired) electrons. The van der Waals surface area contributed by atoms with E-state index in [-0.39, 0.29) is 17.9 Å². The Hall–Kier alpha value is -1.60. The maximum atomic E-state index is 12.9. The molecular formula is C17H24N2O4S. The van der Waals surface area contributed by atoms with E-state index in [2.05, 4.69) is 4.72 Å². The number of carbonyl (C=O) groups is 1. The van der Waals surface area contributed by atoms with Gasteiger partial charge in [0.05, 0.1) is 6.26 Å². The Morgan fingerprint density at radius 1 is 1.12 bits per heavy atom. The minimum Gasteiger partial charge on any atom is -0.381 e. The average molecular weight is 352 g/mol. The maximum Gasteiger partial charge on any atom is 0.230 e. The molecule has 1 saturated carbocycles. The molecule has 1 amide bonds. The van der Waals surface area contributed by atoms with Crippen LogP contribution in [0.5, 0.6) is 0 Å². The Labute approximate surface area is 143 Å². The maximum absolute atomic E-state index is 12.9. The van der Waals surface area contributed by atoms with E-state index in [1.807, 2.05) is 17.0 Å². The molecule has 1 heterocycles. The van der Waals surface area contributed by atoms with E-state index in [1.165, 1.54) is 0 Å². The molecule has 3 rings (SSSR count). The molecule has 2 fully saturated rings. The molecule has 1 aliphatic carbocycles. The SMILES string of the molecule is CS(=O)(=O)Nc1ccc(N(C(=O)C2CCC2)C2CCOCC2)cc1. The van der Waals surface area contributed by atoms with Crippen LogP contribution in [0.25, 0.3) is 0 Å². The third-order valence-corrected chi connectivity index (χ3v) is 5.30. The smallest absolute Gasteiger partial charge is 0.230 e. The van der Waals surface area contributed by atoms with Crippen LogP contribution in [-0.2, 0) is 19.6 Å². The van der Waals surface area contributed by atoms with Crippen molar-refractivity contribution >= 4 is 27.3 Å². The first-order valence-corrected chi connectivity index (χ1v) is 10.3. The van der Waals surface area contributed by atoms with Crippen LogP contribution in [0.15, 0.2) is 24.3 Å². The zero-order valence-corrected chi connectivity index (χ0v) is 14.7. The van der Waals surface area contributed by atoms with Gasteiger partial charge in [-0.3, -0.25) is 9.52 Å². The summed E-state index contributed by atoms with van der Waals surface area (Å²) in [4.78, 5) is 14.8. The quantitative estimate of drug-likeness (QED) is 0.883. The second-order valence-electron chi connectivity index (χ2n) is 6.60. The zero-order valence-electron chi connectivity index (χ0n) is 13.9. The van der Waals surface area contributed by atoms with E-state index in [0.717, 1.165) is 44.0 Å². The van der Waals surface area contributed by atoms with Crippen molar-refractivity contribution in [3.63, 3.8) is 0 Å². The van der Waals surface area contributed by atoms with Gasteiger partial charge in [-0.25, -0.2) is 8.42 Å². The number of nitrogens with zero attached hydrogens (tertiary/aromatic N) is 1. The summed E-state index contributed by atoms with van der Waals surface area (Å²) in [5, 5.41) is 0. The highest BCUT2D eigenvalue weighted by molar-refractivity contribution is 7.92. The number of rotatable bonds is 5. The van der Waals surface area contributed by atoms with Crippen LogP contribution in [0, 0.1) is 5.92 Å². The van der Waals surface area contributed by atoms with E-state index in [4.69, 9.17) is 4.74 Å². The van der Waals surface area contributed by atoms with E-state index in [0.29, 0.717) is 18.9 Å². The van der Waals surface area contributed by atoms with Gasteiger partial charge in [-0.05, 0) is 49.9 Å². The lowest BCUT2D eigenvalue weighted by atomic mass is 9.83. The standard InChI is InChI=1S/C17H24N2O4S/c1-24(21,22)18-14-5-7-15(8-6-14)19(16-9-11-23-12-10-16)17(20)13-3-2-4-13/h5-8,13,16,18H,2-4,9-12H2,1H3. The molecule has 0 unspecified atom stereocenters. The first-order chi connectivity index (χ1) is 11.4. The molecule has 1 aromatic rings. The Kier molecular flexibility index (Phi) is 5.10. The van der Waals surface area contributed by atoms with E-state index in [1.54, 1.807) is 12.1 Å². The van der Waals surface area contributed by atoms with Crippen LogP contribution < -0.4 is 9.62 Å². The summed E-state index contributed by atoms with van der Waals surface area (Å²) in [6.45, 7) is 1.35. The van der Waals surface area contributed by atoms with E-state index in [9.17, 15) is 13.2 Å². The number of ether oxygens (including phenoxy) is 1. The number of amides is 1. The molecule has 1 N–H and O–H groups in total. The molecule has 6 nitrogen and oxygen atoms in total. The van der Waals surface area contributed by atoms with Gasteiger partial charge in [0.1, 0.15) is 0 Å². The first-order valence-electron chi connectivity index (χ1n) is 8.43. The lowest BCUT2D eigenvalue weighted by Gasteiger charge is -2.38. The number of hydrogen-bond donors (Lipinski definition) is 1. The fourth-order valence-corrected chi connectivity index (χ4v) is 3.78. The normalized spacial score (nSPS) is 19.5. The summed E-state index contributed by atoms with van der Waals surface area (Å²) in [6, 6.07) is 7.20. The Morgan fingerprint density at radius 3 is 2.25 bits per heavy atom. The second-order valence-corrected chi connectivity index (χ2v) is 8.35. The van der Waals surface area contributed by atoms with Crippen molar-refractivity contribution in [2.24, 2.45) is 5.92 Å². The van der Waals surface area contributed by atoms with Crippen molar-refractivity contribution in [3.8, 4) is 0 Å². The summed E-state index contributed by atoms with van der Waals surface area (Å²) in [5.74, 6) is 0.318. The predicted molar refractivity (Wildman–Crippen MR) is 93.6 cm³/mol. The molecule has 2 aliphatic rings. The topological polar surface area (TPSA) is 75.7 Å². The molecular weight excluding hydrogens is 328 g/mol. The molecule has 1 aromatic carbocycles. The van der Waals surface area contributed by atoms with Gasteiger partial charge in [0.2, 0.25) is 15.9 Å². The Bertz CT molecular complexity index is 677. The number of anilines is 2. The lowest BCUT2D eigenvalue weighted by molar-refractivity contribution is -0.125. The summed E-state index contributed by atoms with van der Waals surface area (Å²) in [7, 11) is -3.30. The molecule has 0 atom stereocenters. The minimum atomic E-state index is -3.30. The zero-order chi connectivity index (χ0) is 17.2. The highest BCUT2D eigenvalue weighted by atomic mass is 32.2. The second kappa shape index (κ2) is 7.11. The molecule has 1 saturated heterocycles. The third-order valence-electron chi connectivity index (χ3n) is 4.70. The van der Waals surface area contributed by atoms with Crippen LogP contribution in [0.2, 0.25) is 0 Å². The van der Waals surface area contributed by atoms with Crippen LogP contribution in [0.3, 0.4) is 0 Å².